The number of aliphatic hydroxyl groups is 1. The highest BCUT2D eigenvalue weighted by Crippen LogP contribution is 2.28. The van der Waals surface area contributed by atoms with Gasteiger partial charge in [0.15, 0.2) is 11.4 Å². The van der Waals surface area contributed by atoms with Gasteiger partial charge in [0.2, 0.25) is 0 Å². The van der Waals surface area contributed by atoms with Crippen molar-refractivity contribution in [3.05, 3.63) is 36.0 Å². The van der Waals surface area contributed by atoms with Gasteiger partial charge in [-0.05, 0) is 31.2 Å². The molecule has 2 rings (SSSR count). The number of pyridine rings is 1. The Morgan fingerprint density at radius 2 is 1.97 bits per heavy atom. The van der Waals surface area contributed by atoms with E-state index >= 15 is 0 Å². The van der Waals surface area contributed by atoms with Crippen molar-refractivity contribution in [3.63, 3.8) is 0 Å². The lowest BCUT2D eigenvalue weighted by molar-refractivity contribution is -0.169. The van der Waals surface area contributed by atoms with Crippen molar-refractivity contribution in [1.29, 1.82) is 0 Å². The number of aliphatic carboxylic acids is 2. The Morgan fingerprint density at radius 3 is 2.60 bits per heavy atom. The predicted molar refractivity (Wildman–Crippen MR) is 107 cm³/mol. The van der Waals surface area contributed by atoms with Crippen LogP contribution in [-0.2, 0) is 20.8 Å². The lowest BCUT2D eigenvalue weighted by Crippen LogP contribution is -2.43. The van der Waals surface area contributed by atoms with E-state index in [-0.39, 0.29) is 5.75 Å². The van der Waals surface area contributed by atoms with Crippen LogP contribution >= 0.6 is 0 Å². The van der Waals surface area contributed by atoms with Crippen LogP contribution in [0.15, 0.2) is 30.5 Å². The first kappa shape index (κ1) is 22.8. The number of rotatable bonds is 10. The number of carboxylic acids is 2. The third-order valence-electron chi connectivity index (χ3n) is 4.45. The maximum atomic E-state index is 12.2. The van der Waals surface area contributed by atoms with Crippen LogP contribution in [-0.4, -0.2) is 68.8 Å². The Labute approximate surface area is 172 Å². The first-order chi connectivity index (χ1) is 14.2. The molecule has 1 atom stereocenters. The molecular weight excluding hydrogens is 392 g/mol. The molecule has 3 N–H and O–H groups in total. The summed E-state index contributed by atoms with van der Waals surface area (Å²) in [6.45, 7) is 1.21. The van der Waals surface area contributed by atoms with Crippen LogP contribution in [0.5, 0.6) is 5.75 Å². The van der Waals surface area contributed by atoms with Gasteiger partial charge >= 0.3 is 17.9 Å². The second-order valence-electron chi connectivity index (χ2n) is 6.87. The van der Waals surface area contributed by atoms with Gasteiger partial charge in [0, 0.05) is 18.1 Å². The van der Waals surface area contributed by atoms with Crippen LogP contribution in [0.25, 0.3) is 10.9 Å². The van der Waals surface area contributed by atoms with Crippen molar-refractivity contribution in [3.8, 4) is 18.1 Å². The fourth-order valence-electron chi connectivity index (χ4n) is 2.91. The minimum atomic E-state index is -2.77. The molecule has 158 valence electrons. The van der Waals surface area contributed by atoms with Crippen LogP contribution in [0.4, 0.5) is 0 Å². The van der Waals surface area contributed by atoms with Crippen molar-refractivity contribution in [2.24, 2.45) is 0 Å². The first-order valence-electron chi connectivity index (χ1n) is 9.03. The van der Waals surface area contributed by atoms with E-state index in [1.54, 1.807) is 12.1 Å². The number of hydrogen-bond acceptors (Lipinski definition) is 7. The van der Waals surface area contributed by atoms with E-state index in [2.05, 4.69) is 10.9 Å². The Hall–Kier alpha value is -3.48. The summed E-state index contributed by atoms with van der Waals surface area (Å²) in [6, 6.07) is 6.84. The number of benzene rings is 1. The number of terminal acetylenes is 1. The van der Waals surface area contributed by atoms with E-state index in [4.69, 9.17) is 21.4 Å². The fourth-order valence-corrected chi connectivity index (χ4v) is 2.91. The zero-order chi connectivity index (χ0) is 22.3. The number of ether oxygens (including phenoxy) is 1. The van der Waals surface area contributed by atoms with Crippen molar-refractivity contribution in [1.82, 2.24) is 9.88 Å². The standard InChI is InChI=1S/C21H22N2O7/c1-3-10-23(2)11-8-14-6-7-16(19-15(14)5-4-9-22-19)30-18(26)13-21(29,20(27)28)12-17(24)25/h1,4-7,9,29H,8,10-13H2,2H3,(H,24,25)(H,27,28). The van der Waals surface area contributed by atoms with Crippen LogP contribution < -0.4 is 4.74 Å². The molecule has 30 heavy (non-hydrogen) atoms. The molecule has 1 unspecified atom stereocenters. The SMILES string of the molecule is C#CCN(C)CCc1ccc(OC(=O)CC(O)(CC(=O)O)C(=O)O)c2ncccc12. The Kier molecular flexibility index (Phi) is 7.47. The number of fused-ring (bicyclic) bond motifs is 1. The Balaban J connectivity index is 2.23. The molecule has 0 aliphatic rings. The molecule has 1 aromatic heterocycles. The molecule has 9 nitrogen and oxygen atoms in total. The van der Waals surface area contributed by atoms with Crippen LogP contribution in [0.2, 0.25) is 0 Å². The summed E-state index contributed by atoms with van der Waals surface area (Å²) < 4.78 is 5.22. The topological polar surface area (TPSA) is 137 Å². The second-order valence-corrected chi connectivity index (χ2v) is 6.87. The summed E-state index contributed by atoms with van der Waals surface area (Å²) >= 11 is 0. The van der Waals surface area contributed by atoms with Crippen LogP contribution in [0.1, 0.15) is 18.4 Å². The van der Waals surface area contributed by atoms with E-state index in [1.807, 2.05) is 18.0 Å². The average Bonchev–Trinajstić information content (AvgIpc) is 2.66. The van der Waals surface area contributed by atoms with Gasteiger partial charge < -0.3 is 20.1 Å². The maximum absolute atomic E-state index is 12.2. The van der Waals surface area contributed by atoms with Gasteiger partial charge in [-0.2, -0.15) is 0 Å². The molecule has 0 saturated carbocycles. The number of nitrogens with zero attached hydrogens (tertiary/aromatic N) is 2. The first-order valence-corrected chi connectivity index (χ1v) is 9.03. The highest BCUT2D eigenvalue weighted by atomic mass is 16.5. The van der Waals surface area contributed by atoms with Crippen molar-refractivity contribution >= 4 is 28.8 Å². The predicted octanol–water partition coefficient (Wildman–Crippen LogP) is 0.928. The largest absolute Gasteiger partial charge is 0.481 e. The van der Waals surface area contributed by atoms with Gasteiger partial charge in [-0.15, -0.1) is 6.42 Å². The minimum Gasteiger partial charge on any atom is -0.481 e. The molecule has 0 bridgehead atoms. The number of esters is 1. The number of hydrogen-bond donors (Lipinski definition) is 3. The molecule has 0 radical (unpaired) electrons. The van der Waals surface area contributed by atoms with Gasteiger partial charge in [0.25, 0.3) is 0 Å². The second kappa shape index (κ2) is 9.82. The third-order valence-corrected chi connectivity index (χ3v) is 4.45. The van der Waals surface area contributed by atoms with Gasteiger partial charge in [0.05, 0.1) is 19.4 Å². The average molecular weight is 414 g/mol. The van der Waals surface area contributed by atoms with E-state index in [0.29, 0.717) is 25.0 Å². The number of carbonyl (C=O) groups is 3. The quantitative estimate of drug-likeness (QED) is 0.294. The molecule has 0 aliphatic carbocycles. The summed E-state index contributed by atoms with van der Waals surface area (Å²) in [5, 5.41) is 28.7. The minimum absolute atomic E-state index is 0.0828. The summed E-state index contributed by atoms with van der Waals surface area (Å²) in [4.78, 5) is 40.5. The Morgan fingerprint density at radius 1 is 1.23 bits per heavy atom. The van der Waals surface area contributed by atoms with E-state index in [9.17, 15) is 19.5 Å². The van der Waals surface area contributed by atoms with Gasteiger partial charge in [0.1, 0.15) is 5.52 Å². The van der Waals surface area contributed by atoms with Gasteiger partial charge in [-0.1, -0.05) is 18.1 Å². The summed E-state index contributed by atoms with van der Waals surface area (Å²) in [5.74, 6) is -1.82. The number of aromatic nitrogens is 1. The van der Waals surface area contributed by atoms with Crippen LogP contribution in [0.3, 0.4) is 0 Å². The molecule has 0 spiro atoms. The van der Waals surface area contributed by atoms with Gasteiger partial charge in [-0.3, -0.25) is 19.5 Å². The van der Waals surface area contributed by atoms with Crippen molar-refractivity contribution in [2.45, 2.75) is 24.9 Å². The zero-order valence-corrected chi connectivity index (χ0v) is 16.4. The monoisotopic (exact) mass is 414 g/mol. The smallest absolute Gasteiger partial charge is 0.336 e. The molecule has 0 aliphatic heterocycles. The molecule has 1 aromatic carbocycles. The third kappa shape index (κ3) is 5.76. The van der Waals surface area contributed by atoms with E-state index in [0.717, 1.165) is 10.9 Å². The molecule has 0 fully saturated rings. The number of likely N-dealkylation sites (N-methyl/N-ethyl adjacent to an activating group) is 1. The number of carboxylic acid groups (broad SMARTS) is 2. The summed E-state index contributed by atoms with van der Waals surface area (Å²) in [6.07, 6.45) is 5.33. The normalized spacial score (nSPS) is 12.9. The molecule has 1 heterocycles. The lowest BCUT2D eigenvalue weighted by atomic mass is 9.96. The number of carbonyl (C=O) groups excluding carboxylic acids is 1. The van der Waals surface area contributed by atoms with Crippen molar-refractivity contribution in [2.75, 3.05) is 20.1 Å². The molecular formula is C21H22N2O7. The van der Waals surface area contributed by atoms with E-state index < -0.39 is 36.4 Å². The van der Waals surface area contributed by atoms with E-state index in [1.165, 1.54) is 12.3 Å². The molecule has 9 heteroatoms. The zero-order valence-electron chi connectivity index (χ0n) is 16.4. The Bertz CT molecular complexity index is 999. The molecule has 0 amide bonds. The highest BCUT2D eigenvalue weighted by Gasteiger charge is 2.41. The summed E-state index contributed by atoms with van der Waals surface area (Å²) in [5.41, 5.74) is -1.43. The van der Waals surface area contributed by atoms with Crippen LogP contribution in [0, 0.1) is 12.3 Å². The van der Waals surface area contributed by atoms with Gasteiger partial charge in [-0.25, -0.2) is 4.79 Å². The molecule has 0 saturated heterocycles. The van der Waals surface area contributed by atoms with Crippen molar-refractivity contribution < 1.29 is 34.4 Å². The highest BCUT2D eigenvalue weighted by molar-refractivity contribution is 5.92. The summed E-state index contributed by atoms with van der Waals surface area (Å²) in [7, 11) is 1.90. The maximum Gasteiger partial charge on any atom is 0.336 e. The lowest BCUT2D eigenvalue weighted by Gasteiger charge is -2.20. The molecule has 2 aromatic rings. The fraction of sp³-hybridized carbons (Fsp3) is 0.333.